The minimum Gasteiger partial charge on any atom is -0.404 e. The second-order valence-corrected chi connectivity index (χ2v) is 4.79. The largest absolute Gasteiger partial charge is 0.404 e. The Hall–Kier alpha value is -3.14. The van der Waals surface area contributed by atoms with Crippen molar-refractivity contribution in [3.63, 3.8) is 0 Å². The average Bonchev–Trinajstić information content (AvgIpc) is 3.05. The van der Waals surface area contributed by atoms with Crippen LogP contribution >= 0.6 is 0 Å². The molecule has 0 aliphatic heterocycles. The molecule has 0 aliphatic rings. The van der Waals surface area contributed by atoms with Crippen molar-refractivity contribution in [2.75, 3.05) is 0 Å². The van der Waals surface area contributed by atoms with Crippen molar-refractivity contribution in [3.05, 3.63) is 78.8 Å². The highest BCUT2D eigenvalue weighted by Gasteiger charge is 2.04. The molecule has 3 N–H and O–H groups in total. The summed E-state index contributed by atoms with van der Waals surface area (Å²) in [6, 6.07) is 13.7. The Labute approximate surface area is 128 Å². The lowest BCUT2D eigenvalue weighted by atomic mass is 10.0. The molecule has 0 saturated carbocycles. The first-order chi connectivity index (χ1) is 10.8. The van der Waals surface area contributed by atoms with Crippen LogP contribution in [0.25, 0.3) is 16.6 Å². The molecule has 4 heteroatoms. The van der Waals surface area contributed by atoms with Crippen LogP contribution in [0.3, 0.4) is 0 Å². The highest BCUT2D eigenvalue weighted by molar-refractivity contribution is 6.02. The maximum absolute atomic E-state index is 5.74. The molecule has 0 atom stereocenters. The third kappa shape index (κ3) is 2.67. The zero-order valence-corrected chi connectivity index (χ0v) is 12.0. The second-order valence-electron chi connectivity index (χ2n) is 4.79. The summed E-state index contributed by atoms with van der Waals surface area (Å²) in [5.74, 6) is 0. The first-order valence-electron chi connectivity index (χ1n) is 6.92. The Kier molecular flexibility index (Phi) is 3.83. The van der Waals surface area contributed by atoms with Crippen LogP contribution in [0.1, 0.15) is 5.56 Å². The van der Waals surface area contributed by atoms with Gasteiger partial charge in [0.1, 0.15) is 5.65 Å². The lowest BCUT2D eigenvalue weighted by molar-refractivity contribution is 1.32. The van der Waals surface area contributed by atoms with Gasteiger partial charge in [0.05, 0.1) is 5.69 Å². The van der Waals surface area contributed by atoms with E-state index in [2.05, 4.69) is 21.5 Å². The molecule has 3 aromatic rings. The van der Waals surface area contributed by atoms with Crippen LogP contribution in [0.2, 0.25) is 0 Å². The molecule has 0 aliphatic carbocycles. The second kappa shape index (κ2) is 6.10. The molecule has 0 unspecified atom stereocenters. The van der Waals surface area contributed by atoms with Crippen molar-refractivity contribution in [3.8, 4) is 0 Å². The molecule has 1 aromatic carbocycles. The Balaban J connectivity index is 1.90. The van der Waals surface area contributed by atoms with Crippen LogP contribution < -0.4 is 5.73 Å². The van der Waals surface area contributed by atoms with Crippen molar-refractivity contribution >= 4 is 28.5 Å². The quantitative estimate of drug-likeness (QED) is 0.566. The number of aromatic nitrogens is 2. The Bertz CT molecular complexity index is 857. The summed E-state index contributed by atoms with van der Waals surface area (Å²) in [4.78, 5) is 11.8. The summed E-state index contributed by atoms with van der Waals surface area (Å²) in [6.07, 6.45) is 6.83. The summed E-state index contributed by atoms with van der Waals surface area (Å²) in [7, 11) is 0. The van der Waals surface area contributed by atoms with Gasteiger partial charge in [-0.3, -0.25) is 4.99 Å². The number of allylic oxidation sites excluding steroid dienone is 2. The molecule has 3 rings (SSSR count). The molecule has 0 radical (unpaired) electrons. The summed E-state index contributed by atoms with van der Waals surface area (Å²) in [5.41, 5.74) is 10.0. The standard InChI is InChI=1S/C18H16N4/c1-13(14-5-3-2-4-6-14)15(11-19)12-22-17-8-10-21-18-16(17)7-9-20-18/h2-12H,1,19H2,(H,20,21). The van der Waals surface area contributed by atoms with Crippen LogP contribution in [-0.2, 0) is 0 Å². The van der Waals surface area contributed by atoms with Gasteiger partial charge in [0, 0.05) is 35.8 Å². The predicted octanol–water partition coefficient (Wildman–Crippen LogP) is 3.82. The lowest BCUT2D eigenvalue weighted by Crippen LogP contribution is -1.94. The Morgan fingerprint density at radius 2 is 2.00 bits per heavy atom. The SMILES string of the molecule is C=C(C(C=Nc1ccnc2[nH]ccc12)=CN)c1ccccc1. The highest BCUT2D eigenvalue weighted by atomic mass is 14.9. The number of fused-ring (bicyclic) bond motifs is 1. The van der Waals surface area contributed by atoms with E-state index in [0.29, 0.717) is 0 Å². The molecule has 22 heavy (non-hydrogen) atoms. The van der Waals surface area contributed by atoms with Crippen molar-refractivity contribution in [1.29, 1.82) is 0 Å². The van der Waals surface area contributed by atoms with E-state index in [9.17, 15) is 0 Å². The molecule has 0 bridgehead atoms. The summed E-state index contributed by atoms with van der Waals surface area (Å²) < 4.78 is 0. The van der Waals surface area contributed by atoms with E-state index in [-0.39, 0.29) is 0 Å². The van der Waals surface area contributed by atoms with Crippen LogP contribution in [0.4, 0.5) is 5.69 Å². The fourth-order valence-electron chi connectivity index (χ4n) is 2.23. The highest BCUT2D eigenvalue weighted by Crippen LogP contribution is 2.24. The van der Waals surface area contributed by atoms with E-state index in [1.165, 1.54) is 6.20 Å². The van der Waals surface area contributed by atoms with Crippen molar-refractivity contribution in [2.45, 2.75) is 0 Å². The van der Waals surface area contributed by atoms with Crippen molar-refractivity contribution in [2.24, 2.45) is 10.7 Å². The van der Waals surface area contributed by atoms with Gasteiger partial charge in [-0.25, -0.2) is 4.98 Å². The van der Waals surface area contributed by atoms with Gasteiger partial charge in [-0.1, -0.05) is 36.9 Å². The Morgan fingerprint density at radius 1 is 1.18 bits per heavy atom. The van der Waals surface area contributed by atoms with E-state index in [1.807, 2.05) is 48.7 Å². The molecule has 2 heterocycles. The first kappa shape index (κ1) is 13.8. The normalized spacial score (nSPS) is 12.1. The Morgan fingerprint density at radius 3 is 2.77 bits per heavy atom. The van der Waals surface area contributed by atoms with Gasteiger partial charge in [0.2, 0.25) is 0 Å². The minimum absolute atomic E-state index is 0.784. The summed E-state index contributed by atoms with van der Waals surface area (Å²) in [5, 5.41) is 0.973. The van der Waals surface area contributed by atoms with Crippen LogP contribution in [0.5, 0.6) is 0 Å². The molecule has 0 amide bonds. The number of nitrogens with zero attached hydrogens (tertiary/aromatic N) is 2. The monoisotopic (exact) mass is 288 g/mol. The predicted molar refractivity (Wildman–Crippen MR) is 92.0 cm³/mol. The van der Waals surface area contributed by atoms with Gasteiger partial charge in [0.25, 0.3) is 0 Å². The number of nitrogens with one attached hydrogen (secondary N) is 1. The number of nitrogens with two attached hydrogens (primary N) is 1. The van der Waals surface area contributed by atoms with Crippen LogP contribution in [0.15, 0.2) is 78.2 Å². The summed E-state index contributed by atoms with van der Waals surface area (Å²) in [6.45, 7) is 4.10. The van der Waals surface area contributed by atoms with Gasteiger partial charge in [-0.15, -0.1) is 0 Å². The molecular formula is C18H16N4. The maximum Gasteiger partial charge on any atom is 0.139 e. The minimum atomic E-state index is 0.784. The van der Waals surface area contributed by atoms with Crippen LogP contribution in [0, 0.1) is 0 Å². The smallest absolute Gasteiger partial charge is 0.139 e. The van der Waals surface area contributed by atoms with Gasteiger partial charge in [-0.2, -0.15) is 0 Å². The van der Waals surface area contributed by atoms with E-state index in [1.54, 1.807) is 12.4 Å². The third-order valence-corrected chi connectivity index (χ3v) is 3.43. The molecule has 0 fully saturated rings. The molecule has 0 spiro atoms. The van der Waals surface area contributed by atoms with E-state index >= 15 is 0 Å². The zero-order valence-electron chi connectivity index (χ0n) is 12.0. The van der Waals surface area contributed by atoms with E-state index in [0.717, 1.165) is 33.4 Å². The topological polar surface area (TPSA) is 67.1 Å². The number of aromatic amines is 1. The van der Waals surface area contributed by atoms with Gasteiger partial charge >= 0.3 is 0 Å². The number of aliphatic imine (C=N–C) groups is 1. The fourth-order valence-corrected chi connectivity index (χ4v) is 2.23. The van der Waals surface area contributed by atoms with E-state index in [4.69, 9.17) is 5.73 Å². The molecule has 4 nitrogen and oxygen atoms in total. The average molecular weight is 288 g/mol. The zero-order chi connectivity index (χ0) is 15.4. The van der Waals surface area contributed by atoms with Gasteiger partial charge in [0.15, 0.2) is 0 Å². The van der Waals surface area contributed by atoms with Crippen molar-refractivity contribution in [1.82, 2.24) is 9.97 Å². The number of H-pyrrole nitrogens is 1. The van der Waals surface area contributed by atoms with Gasteiger partial charge in [-0.05, 0) is 23.3 Å². The fraction of sp³-hybridized carbons (Fsp3) is 0. The number of hydrogen-bond donors (Lipinski definition) is 2. The maximum atomic E-state index is 5.74. The molecule has 0 saturated heterocycles. The number of rotatable bonds is 4. The molecule has 2 aromatic heterocycles. The molecular weight excluding hydrogens is 272 g/mol. The van der Waals surface area contributed by atoms with Crippen LogP contribution in [-0.4, -0.2) is 16.2 Å². The van der Waals surface area contributed by atoms with Crippen molar-refractivity contribution < 1.29 is 0 Å². The van der Waals surface area contributed by atoms with Gasteiger partial charge < -0.3 is 10.7 Å². The van der Waals surface area contributed by atoms with E-state index < -0.39 is 0 Å². The molecule has 108 valence electrons. The first-order valence-corrected chi connectivity index (χ1v) is 6.92. The number of benzene rings is 1. The third-order valence-electron chi connectivity index (χ3n) is 3.43. The lowest BCUT2D eigenvalue weighted by Gasteiger charge is -2.06. The summed E-state index contributed by atoms with van der Waals surface area (Å²) >= 11 is 0. The number of pyridine rings is 1. The number of hydrogen-bond acceptors (Lipinski definition) is 3.